The predicted molar refractivity (Wildman–Crippen MR) is 101 cm³/mol. The van der Waals surface area contributed by atoms with Crippen molar-refractivity contribution in [3.8, 4) is 0 Å². The fourth-order valence-corrected chi connectivity index (χ4v) is 3.75. The van der Waals surface area contributed by atoms with Gasteiger partial charge in [0.05, 0.1) is 21.6 Å². The number of imidazole rings is 1. The van der Waals surface area contributed by atoms with E-state index in [-0.39, 0.29) is 27.8 Å². The molecule has 4 rings (SSSR count). The second kappa shape index (κ2) is 6.78. The lowest BCUT2D eigenvalue weighted by molar-refractivity contribution is 0.0694. The first-order valence-electron chi connectivity index (χ1n) is 8.34. The van der Waals surface area contributed by atoms with Crippen LogP contribution in [0.3, 0.4) is 0 Å². The van der Waals surface area contributed by atoms with Gasteiger partial charge < -0.3 is 9.88 Å². The number of piperidine rings is 1. The highest BCUT2D eigenvalue weighted by Crippen LogP contribution is 2.26. The van der Waals surface area contributed by atoms with E-state index in [9.17, 15) is 9.59 Å². The van der Waals surface area contributed by atoms with Crippen molar-refractivity contribution in [2.75, 3.05) is 13.1 Å². The monoisotopic (exact) mass is 390 g/mol. The van der Waals surface area contributed by atoms with E-state index in [1.54, 1.807) is 9.47 Å². The molecule has 0 unspecified atom stereocenters. The number of H-pyrrole nitrogens is 1. The summed E-state index contributed by atoms with van der Waals surface area (Å²) in [7, 11) is 0. The molecule has 0 radical (unpaired) electrons. The van der Waals surface area contributed by atoms with Crippen LogP contribution in [0.2, 0.25) is 10.2 Å². The predicted octanol–water partition coefficient (Wildman–Crippen LogP) is 3.51. The number of benzene rings is 1. The van der Waals surface area contributed by atoms with Crippen molar-refractivity contribution < 1.29 is 4.79 Å². The molecule has 3 heterocycles. The Bertz CT molecular complexity index is 1040. The molecule has 6 nitrogen and oxygen atoms in total. The number of likely N-dealkylation sites (tertiary alicyclic amines) is 1. The number of fused-ring (bicyclic) bond motifs is 1. The molecule has 1 amide bonds. The summed E-state index contributed by atoms with van der Waals surface area (Å²) in [6.07, 6.45) is 2.86. The molecular formula is C18H16Cl2N4O2. The first-order valence-corrected chi connectivity index (χ1v) is 9.10. The summed E-state index contributed by atoms with van der Waals surface area (Å²) in [6, 6.07) is 9.25. The van der Waals surface area contributed by atoms with Crippen molar-refractivity contribution in [1.29, 1.82) is 0 Å². The molecule has 26 heavy (non-hydrogen) atoms. The molecule has 0 atom stereocenters. The summed E-state index contributed by atoms with van der Waals surface area (Å²) in [5.74, 6) is -0.124. The molecule has 2 aromatic heterocycles. The van der Waals surface area contributed by atoms with Gasteiger partial charge in [0.25, 0.3) is 5.91 Å². The van der Waals surface area contributed by atoms with Gasteiger partial charge in [-0.1, -0.05) is 35.3 Å². The van der Waals surface area contributed by atoms with Gasteiger partial charge in [0.15, 0.2) is 0 Å². The summed E-state index contributed by atoms with van der Waals surface area (Å²) in [6.45, 7) is 1.13. The third-order valence-electron chi connectivity index (χ3n) is 4.78. The summed E-state index contributed by atoms with van der Waals surface area (Å²) in [5, 5.41) is 0.443. The van der Waals surface area contributed by atoms with Gasteiger partial charge in [0.2, 0.25) is 0 Å². The average Bonchev–Trinajstić information content (AvgIpc) is 2.99. The summed E-state index contributed by atoms with van der Waals surface area (Å²) in [5.41, 5.74) is 2.04. The average molecular weight is 391 g/mol. The van der Waals surface area contributed by atoms with Crippen molar-refractivity contribution in [1.82, 2.24) is 19.4 Å². The van der Waals surface area contributed by atoms with E-state index in [1.807, 2.05) is 24.3 Å². The SMILES string of the molecule is O=C(c1cnc(Cl)c(Cl)c1)N1CCC(n2c(=O)[nH]c3ccccc32)CC1. The number of amides is 1. The number of nitrogens with zero attached hydrogens (tertiary/aromatic N) is 3. The van der Waals surface area contributed by atoms with Gasteiger partial charge >= 0.3 is 5.69 Å². The molecule has 0 spiro atoms. The highest BCUT2D eigenvalue weighted by Gasteiger charge is 2.27. The van der Waals surface area contributed by atoms with Gasteiger partial charge in [-0.3, -0.25) is 9.36 Å². The van der Waals surface area contributed by atoms with Gasteiger partial charge in [0.1, 0.15) is 5.15 Å². The minimum Gasteiger partial charge on any atom is -0.338 e. The molecule has 1 aromatic carbocycles. The first-order chi connectivity index (χ1) is 12.5. The second-order valence-electron chi connectivity index (χ2n) is 6.34. The number of halogens is 2. The molecular weight excluding hydrogens is 375 g/mol. The molecule has 0 aliphatic carbocycles. The molecule has 1 saturated heterocycles. The van der Waals surface area contributed by atoms with E-state index < -0.39 is 0 Å². The standard InChI is InChI=1S/C18H16Cl2N4O2/c19-13-9-11(10-21-16(13)20)17(25)23-7-5-12(6-8-23)24-15-4-2-1-3-14(15)22-18(24)26/h1-4,9-10,12H,5-8H2,(H,22,26). The number of para-hydroxylation sites is 2. The van der Waals surface area contributed by atoms with E-state index in [2.05, 4.69) is 9.97 Å². The zero-order valence-electron chi connectivity index (χ0n) is 13.8. The Hall–Kier alpha value is -2.31. The Morgan fingerprint density at radius 1 is 1.19 bits per heavy atom. The minimum absolute atomic E-state index is 0.0645. The van der Waals surface area contributed by atoms with Crippen LogP contribution < -0.4 is 5.69 Å². The van der Waals surface area contributed by atoms with Crippen LogP contribution in [0.5, 0.6) is 0 Å². The Balaban J connectivity index is 1.52. The van der Waals surface area contributed by atoms with Crippen LogP contribution in [-0.4, -0.2) is 38.4 Å². The van der Waals surface area contributed by atoms with Gasteiger partial charge in [0, 0.05) is 25.3 Å². The summed E-state index contributed by atoms with van der Waals surface area (Å²) in [4.78, 5) is 33.6. The Kier molecular flexibility index (Phi) is 4.46. The molecule has 3 aromatic rings. The zero-order valence-corrected chi connectivity index (χ0v) is 15.3. The Morgan fingerprint density at radius 3 is 2.65 bits per heavy atom. The number of hydrogen-bond donors (Lipinski definition) is 1. The minimum atomic E-state index is -0.124. The maximum atomic E-state index is 12.6. The molecule has 0 bridgehead atoms. The lowest BCUT2D eigenvalue weighted by Gasteiger charge is -2.32. The van der Waals surface area contributed by atoms with Crippen molar-refractivity contribution in [2.45, 2.75) is 18.9 Å². The van der Waals surface area contributed by atoms with Crippen LogP contribution in [0.1, 0.15) is 29.2 Å². The Morgan fingerprint density at radius 2 is 1.92 bits per heavy atom. The largest absolute Gasteiger partial charge is 0.338 e. The lowest BCUT2D eigenvalue weighted by atomic mass is 10.0. The van der Waals surface area contributed by atoms with Crippen molar-refractivity contribution >= 4 is 40.1 Å². The molecule has 1 fully saturated rings. The number of pyridine rings is 1. The van der Waals surface area contributed by atoms with Gasteiger partial charge in [-0.2, -0.15) is 0 Å². The van der Waals surface area contributed by atoms with Gasteiger partial charge in [-0.25, -0.2) is 9.78 Å². The maximum Gasteiger partial charge on any atom is 0.326 e. The number of carbonyl (C=O) groups is 1. The van der Waals surface area contributed by atoms with Crippen LogP contribution in [0.15, 0.2) is 41.3 Å². The smallest absolute Gasteiger partial charge is 0.326 e. The number of aromatic nitrogens is 3. The van der Waals surface area contributed by atoms with E-state index in [1.165, 1.54) is 12.3 Å². The zero-order chi connectivity index (χ0) is 18.3. The first kappa shape index (κ1) is 17.1. The molecule has 1 aliphatic heterocycles. The van der Waals surface area contributed by atoms with E-state index >= 15 is 0 Å². The fraction of sp³-hybridized carbons (Fsp3) is 0.278. The van der Waals surface area contributed by atoms with Crippen LogP contribution in [-0.2, 0) is 0 Å². The van der Waals surface area contributed by atoms with Crippen LogP contribution >= 0.6 is 23.2 Å². The van der Waals surface area contributed by atoms with Crippen LogP contribution in [0.4, 0.5) is 0 Å². The normalized spacial score (nSPS) is 15.5. The topological polar surface area (TPSA) is 71.0 Å². The number of rotatable bonds is 2. The number of hydrogen-bond acceptors (Lipinski definition) is 3. The number of aromatic amines is 1. The molecule has 134 valence electrons. The van der Waals surface area contributed by atoms with Crippen LogP contribution in [0.25, 0.3) is 11.0 Å². The fourth-order valence-electron chi connectivity index (χ4n) is 3.48. The highest BCUT2D eigenvalue weighted by molar-refractivity contribution is 6.41. The van der Waals surface area contributed by atoms with Crippen molar-refractivity contribution in [3.63, 3.8) is 0 Å². The highest BCUT2D eigenvalue weighted by atomic mass is 35.5. The maximum absolute atomic E-state index is 12.6. The van der Waals surface area contributed by atoms with Crippen molar-refractivity contribution in [3.05, 3.63) is 62.8 Å². The summed E-state index contributed by atoms with van der Waals surface area (Å²) >= 11 is 11.8. The molecule has 1 aliphatic rings. The lowest BCUT2D eigenvalue weighted by Crippen LogP contribution is -2.40. The van der Waals surface area contributed by atoms with Crippen molar-refractivity contribution in [2.24, 2.45) is 0 Å². The van der Waals surface area contributed by atoms with Gasteiger partial charge in [-0.05, 0) is 31.0 Å². The van der Waals surface area contributed by atoms with Gasteiger partial charge in [-0.15, -0.1) is 0 Å². The third-order valence-corrected chi connectivity index (χ3v) is 5.47. The van der Waals surface area contributed by atoms with Crippen LogP contribution in [0, 0.1) is 0 Å². The van der Waals surface area contributed by atoms with E-state index in [0.717, 1.165) is 11.0 Å². The third kappa shape index (κ3) is 2.99. The van der Waals surface area contributed by atoms with E-state index in [4.69, 9.17) is 23.2 Å². The second-order valence-corrected chi connectivity index (χ2v) is 7.10. The Labute approximate surface area is 159 Å². The summed E-state index contributed by atoms with van der Waals surface area (Å²) < 4.78 is 1.80. The number of nitrogens with one attached hydrogen (secondary N) is 1. The number of carbonyl (C=O) groups excluding carboxylic acids is 1. The molecule has 0 saturated carbocycles. The van der Waals surface area contributed by atoms with E-state index in [0.29, 0.717) is 31.5 Å². The molecule has 1 N–H and O–H groups in total. The quantitative estimate of drug-likeness (QED) is 0.680. The molecule has 8 heteroatoms.